The van der Waals surface area contributed by atoms with Crippen LogP contribution in [-0.2, 0) is 0 Å². The van der Waals surface area contributed by atoms with Crippen molar-refractivity contribution in [3.8, 4) is 0 Å². The SMILES string of the molecule is Cc1cccc(C(=O)N(C)CC2(O)CCCN(c3ncccn3)C2)c1. The maximum absolute atomic E-state index is 12.6. The molecule has 0 saturated carbocycles. The van der Waals surface area contributed by atoms with Crippen LogP contribution < -0.4 is 4.90 Å². The van der Waals surface area contributed by atoms with E-state index >= 15 is 0 Å². The molecule has 1 saturated heterocycles. The highest BCUT2D eigenvalue weighted by atomic mass is 16.3. The summed E-state index contributed by atoms with van der Waals surface area (Å²) in [6.07, 6.45) is 4.88. The van der Waals surface area contributed by atoms with Crippen molar-refractivity contribution >= 4 is 11.9 Å². The molecule has 1 unspecified atom stereocenters. The van der Waals surface area contributed by atoms with Crippen molar-refractivity contribution in [1.82, 2.24) is 14.9 Å². The van der Waals surface area contributed by atoms with Crippen LogP contribution in [0.5, 0.6) is 0 Å². The van der Waals surface area contributed by atoms with Crippen LogP contribution in [0.3, 0.4) is 0 Å². The second-order valence-corrected chi connectivity index (χ2v) is 6.83. The number of benzene rings is 1. The van der Waals surface area contributed by atoms with Gasteiger partial charge in [0.2, 0.25) is 5.95 Å². The minimum absolute atomic E-state index is 0.0785. The van der Waals surface area contributed by atoms with Gasteiger partial charge in [0.05, 0.1) is 18.7 Å². The van der Waals surface area contributed by atoms with E-state index in [2.05, 4.69) is 9.97 Å². The molecule has 1 atom stereocenters. The number of nitrogens with zero attached hydrogens (tertiary/aromatic N) is 4. The van der Waals surface area contributed by atoms with Crippen molar-refractivity contribution in [1.29, 1.82) is 0 Å². The molecule has 1 amide bonds. The monoisotopic (exact) mass is 340 g/mol. The number of hydrogen-bond acceptors (Lipinski definition) is 5. The van der Waals surface area contributed by atoms with E-state index in [1.165, 1.54) is 0 Å². The maximum Gasteiger partial charge on any atom is 0.253 e. The van der Waals surface area contributed by atoms with Gasteiger partial charge in [-0.05, 0) is 38.0 Å². The van der Waals surface area contributed by atoms with Gasteiger partial charge in [-0.15, -0.1) is 0 Å². The van der Waals surface area contributed by atoms with Gasteiger partial charge in [-0.2, -0.15) is 0 Å². The average Bonchev–Trinajstić information content (AvgIpc) is 2.61. The van der Waals surface area contributed by atoms with E-state index in [4.69, 9.17) is 0 Å². The smallest absolute Gasteiger partial charge is 0.253 e. The standard InChI is InChI=1S/C19H24N4O2/c1-15-6-3-7-16(12-15)17(24)22(2)13-19(25)8-4-11-23(14-19)18-20-9-5-10-21-18/h3,5-7,9-10,12,25H,4,8,11,13-14H2,1-2H3. The molecule has 0 radical (unpaired) electrons. The quantitative estimate of drug-likeness (QED) is 0.920. The first-order chi connectivity index (χ1) is 12.0. The molecule has 6 nitrogen and oxygen atoms in total. The number of likely N-dealkylation sites (N-methyl/N-ethyl adjacent to an activating group) is 1. The number of rotatable bonds is 4. The first-order valence-electron chi connectivity index (χ1n) is 8.53. The Kier molecular flexibility index (Phi) is 4.99. The summed E-state index contributed by atoms with van der Waals surface area (Å²) >= 11 is 0. The number of carbonyl (C=O) groups is 1. The lowest BCUT2D eigenvalue weighted by Crippen LogP contribution is -2.55. The first kappa shape index (κ1) is 17.4. The fourth-order valence-electron chi connectivity index (χ4n) is 3.38. The van der Waals surface area contributed by atoms with Crippen molar-refractivity contribution in [3.63, 3.8) is 0 Å². The van der Waals surface area contributed by atoms with Crippen LogP contribution in [0, 0.1) is 6.92 Å². The minimum atomic E-state index is -0.967. The molecule has 0 bridgehead atoms. The number of piperidine rings is 1. The highest BCUT2D eigenvalue weighted by Gasteiger charge is 2.36. The Labute approximate surface area is 148 Å². The maximum atomic E-state index is 12.6. The Bertz CT molecular complexity index is 737. The van der Waals surface area contributed by atoms with Crippen LogP contribution in [0.4, 0.5) is 5.95 Å². The summed E-state index contributed by atoms with van der Waals surface area (Å²) in [5, 5.41) is 11.0. The van der Waals surface area contributed by atoms with Gasteiger partial charge in [0.15, 0.2) is 0 Å². The number of anilines is 1. The molecule has 0 spiro atoms. The summed E-state index contributed by atoms with van der Waals surface area (Å²) in [5.74, 6) is 0.540. The molecule has 25 heavy (non-hydrogen) atoms. The van der Waals surface area contributed by atoms with Crippen LogP contribution in [-0.4, -0.2) is 58.2 Å². The molecule has 1 N–H and O–H groups in total. The van der Waals surface area contributed by atoms with Crippen molar-refractivity contribution in [3.05, 3.63) is 53.9 Å². The molecule has 2 heterocycles. The Morgan fingerprint density at radius 1 is 1.32 bits per heavy atom. The molecule has 132 valence electrons. The van der Waals surface area contributed by atoms with Crippen LogP contribution >= 0.6 is 0 Å². The number of carbonyl (C=O) groups excluding carboxylic acids is 1. The van der Waals surface area contributed by atoms with Crippen molar-refractivity contribution in [2.75, 3.05) is 31.6 Å². The van der Waals surface area contributed by atoms with Crippen LogP contribution in [0.2, 0.25) is 0 Å². The minimum Gasteiger partial charge on any atom is -0.386 e. The van der Waals surface area contributed by atoms with Gasteiger partial charge in [-0.1, -0.05) is 17.7 Å². The topological polar surface area (TPSA) is 69.6 Å². The molecule has 3 rings (SSSR count). The van der Waals surface area contributed by atoms with Crippen LogP contribution in [0.15, 0.2) is 42.7 Å². The second kappa shape index (κ2) is 7.19. The molecule has 1 aromatic heterocycles. The van der Waals surface area contributed by atoms with Crippen molar-refractivity contribution < 1.29 is 9.90 Å². The Morgan fingerprint density at radius 2 is 2.08 bits per heavy atom. The largest absolute Gasteiger partial charge is 0.386 e. The second-order valence-electron chi connectivity index (χ2n) is 6.83. The van der Waals surface area contributed by atoms with Gasteiger partial charge < -0.3 is 14.9 Å². The zero-order valence-electron chi connectivity index (χ0n) is 14.7. The first-order valence-corrected chi connectivity index (χ1v) is 8.53. The molecule has 1 aliphatic rings. The lowest BCUT2D eigenvalue weighted by Gasteiger charge is -2.41. The Balaban J connectivity index is 1.69. The Morgan fingerprint density at radius 3 is 2.80 bits per heavy atom. The molecule has 1 fully saturated rings. The lowest BCUT2D eigenvalue weighted by molar-refractivity contribution is -0.000296. The molecule has 1 aliphatic heterocycles. The third kappa shape index (κ3) is 4.14. The molecular weight excluding hydrogens is 316 g/mol. The summed E-state index contributed by atoms with van der Waals surface area (Å²) in [7, 11) is 1.74. The predicted octanol–water partition coefficient (Wildman–Crippen LogP) is 1.89. The van der Waals surface area contributed by atoms with Crippen LogP contribution in [0.1, 0.15) is 28.8 Å². The van der Waals surface area contributed by atoms with Gasteiger partial charge in [0, 0.05) is 31.5 Å². The summed E-state index contributed by atoms with van der Waals surface area (Å²) in [6.45, 7) is 3.47. The summed E-state index contributed by atoms with van der Waals surface area (Å²) in [4.78, 5) is 24.7. The van der Waals surface area contributed by atoms with Gasteiger partial charge in [0.25, 0.3) is 5.91 Å². The van der Waals surface area contributed by atoms with E-state index in [1.807, 2.05) is 30.0 Å². The molecule has 0 aliphatic carbocycles. The summed E-state index contributed by atoms with van der Waals surface area (Å²) < 4.78 is 0. The van der Waals surface area contributed by atoms with E-state index in [0.717, 1.165) is 18.5 Å². The lowest BCUT2D eigenvalue weighted by atomic mass is 9.92. The fraction of sp³-hybridized carbons (Fsp3) is 0.421. The number of aromatic nitrogens is 2. The zero-order chi connectivity index (χ0) is 17.9. The molecule has 1 aromatic carbocycles. The van der Waals surface area contributed by atoms with E-state index in [0.29, 0.717) is 24.5 Å². The van der Waals surface area contributed by atoms with Gasteiger partial charge in [-0.3, -0.25) is 4.79 Å². The van der Waals surface area contributed by atoms with Crippen LogP contribution in [0.25, 0.3) is 0 Å². The zero-order valence-corrected chi connectivity index (χ0v) is 14.7. The average molecular weight is 340 g/mol. The molecular formula is C19H24N4O2. The number of β-amino-alcohol motifs (C(OH)–C–C–N with tert-alkyl or cyclic N) is 1. The third-order valence-electron chi connectivity index (χ3n) is 4.53. The van der Waals surface area contributed by atoms with Crippen molar-refractivity contribution in [2.24, 2.45) is 0 Å². The summed E-state index contributed by atoms with van der Waals surface area (Å²) in [6, 6.07) is 9.28. The Hall–Kier alpha value is -2.47. The predicted molar refractivity (Wildman–Crippen MR) is 96.6 cm³/mol. The number of aryl methyl sites for hydroxylation is 1. The highest BCUT2D eigenvalue weighted by Crippen LogP contribution is 2.25. The summed E-state index contributed by atoms with van der Waals surface area (Å²) in [5.41, 5.74) is 0.722. The normalized spacial score (nSPS) is 20.4. The number of amides is 1. The molecule has 6 heteroatoms. The van der Waals surface area contributed by atoms with Gasteiger partial charge in [-0.25, -0.2) is 9.97 Å². The highest BCUT2D eigenvalue weighted by molar-refractivity contribution is 5.94. The van der Waals surface area contributed by atoms with Gasteiger partial charge >= 0.3 is 0 Å². The van der Waals surface area contributed by atoms with E-state index in [9.17, 15) is 9.90 Å². The van der Waals surface area contributed by atoms with Crippen molar-refractivity contribution in [2.45, 2.75) is 25.4 Å². The van der Waals surface area contributed by atoms with E-state index in [1.54, 1.807) is 36.5 Å². The van der Waals surface area contributed by atoms with E-state index < -0.39 is 5.60 Å². The third-order valence-corrected chi connectivity index (χ3v) is 4.53. The molecule has 2 aromatic rings. The fourth-order valence-corrected chi connectivity index (χ4v) is 3.38. The van der Waals surface area contributed by atoms with E-state index in [-0.39, 0.29) is 12.5 Å². The van der Waals surface area contributed by atoms with Gasteiger partial charge in [0.1, 0.15) is 0 Å². The number of aliphatic hydroxyl groups is 1. The number of hydrogen-bond donors (Lipinski definition) is 1.